The lowest BCUT2D eigenvalue weighted by molar-refractivity contribution is 0.632. The van der Waals surface area contributed by atoms with Gasteiger partial charge in [-0.05, 0) is 121 Å². The number of nitrogens with zero attached hydrogens (tertiary/aromatic N) is 2. The highest BCUT2D eigenvalue weighted by Gasteiger charge is 2.45. The molecule has 0 radical (unpaired) electrons. The van der Waals surface area contributed by atoms with Crippen LogP contribution in [0.15, 0.2) is 243 Å². The van der Waals surface area contributed by atoms with Crippen molar-refractivity contribution < 1.29 is 0 Å². The van der Waals surface area contributed by atoms with E-state index in [1.807, 2.05) is 0 Å². The number of rotatable bonds is 6. The molecular formula is C64H46N2. The Kier molecular flexibility index (Phi) is 8.51. The molecule has 2 nitrogen and oxygen atoms in total. The molecule has 0 amide bonds. The van der Waals surface area contributed by atoms with Crippen LogP contribution < -0.4 is 4.90 Å². The van der Waals surface area contributed by atoms with E-state index in [1.165, 1.54) is 106 Å². The molecule has 0 saturated carbocycles. The highest BCUT2D eigenvalue weighted by Crippen LogP contribution is 2.56. The van der Waals surface area contributed by atoms with Crippen LogP contribution in [0.5, 0.6) is 0 Å². The summed E-state index contributed by atoms with van der Waals surface area (Å²) in [6.07, 6.45) is 0. The molecule has 3 heterocycles. The van der Waals surface area contributed by atoms with Crippen LogP contribution in [0.3, 0.4) is 0 Å². The van der Waals surface area contributed by atoms with Crippen molar-refractivity contribution in [3.63, 3.8) is 0 Å². The molecule has 0 N–H and O–H groups in total. The number of benzene rings is 10. The fraction of sp³-hybridized carbons (Fsp3) is 0.0625. The second-order valence-corrected chi connectivity index (χ2v) is 18.5. The zero-order valence-corrected chi connectivity index (χ0v) is 37.0. The molecule has 13 rings (SSSR count). The van der Waals surface area contributed by atoms with Crippen molar-refractivity contribution >= 4 is 38.9 Å². The molecule has 2 aliphatic heterocycles. The lowest BCUT2D eigenvalue weighted by Gasteiger charge is -2.42. The van der Waals surface area contributed by atoms with Crippen LogP contribution in [0, 0.1) is 0 Å². The molecule has 2 heteroatoms. The van der Waals surface area contributed by atoms with Crippen LogP contribution in [0.1, 0.15) is 47.2 Å². The van der Waals surface area contributed by atoms with Gasteiger partial charge in [0, 0.05) is 21.9 Å². The standard InChI is InChI=1S/C64H46N2/c1-63(2)56-41-47(43-18-7-3-8-19-43)33-38-60(56)65(61-39-34-48(42-57(61)63)44-20-9-4-10-21-44)51-35-30-45(31-36-51)46-32-37-58-53(40-46)52-26-17-28-55-62(52)66(58)59-29-16-15-27-54(59)64(55,49-22-11-5-12-23-49)50-24-13-6-14-25-50/h3-42H,1-2H3. The van der Waals surface area contributed by atoms with Crippen molar-refractivity contribution in [1.82, 2.24) is 4.57 Å². The summed E-state index contributed by atoms with van der Waals surface area (Å²) >= 11 is 0. The van der Waals surface area contributed by atoms with Gasteiger partial charge in [0.1, 0.15) is 0 Å². The molecule has 0 aliphatic carbocycles. The van der Waals surface area contributed by atoms with E-state index in [0.29, 0.717) is 0 Å². The summed E-state index contributed by atoms with van der Waals surface area (Å²) in [6.45, 7) is 4.77. The minimum Gasteiger partial charge on any atom is -0.310 e. The summed E-state index contributed by atoms with van der Waals surface area (Å²) in [4.78, 5) is 2.47. The molecule has 0 bridgehead atoms. The Morgan fingerprint density at radius 1 is 0.318 bits per heavy atom. The van der Waals surface area contributed by atoms with E-state index in [-0.39, 0.29) is 5.41 Å². The van der Waals surface area contributed by atoms with Crippen molar-refractivity contribution in [2.75, 3.05) is 4.90 Å². The number of hydrogen-bond acceptors (Lipinski definition) is 1. The van der Waals surface area contributed by atoms with Gasteiger partial charge >= 0.3 is 0 Å². The van der Waals surface area contributed by atoms with Gasteiger partial charge < -0.3 is 9.47 Å². The molecule has 0 unspecified atom stereocenters. The second kappa shape index (κ2) is 14.7. The van der Waals surface area contributed by atoms with Crippen LogP contribution in [0.4, 0.5) is 17.1 Å². The van der Waals surface area contributed by atoms with Gasteiger partial charge in [0.05, 0.1) is 33.5 Å². The van der Waals surface area contributed by atoms with E-state index in [0.717, 1.165) is 5.69 Å². The minimum atomic E-state index is -0.491. The number of anilines is 3. The molecule has 0 saturated heterocycles. The van der Waals surface area contributed by atoms with Gasteiger partial charge in [-0.3, -0.25) is 0 Å². The molecular weight excluding hydrogens is 797 g/mol. The Hall–Kier alpha value is -8.20. The zero-order valence-electron chi connectivity index (χ0n) is 37.0. The molecule has 312 valence electrons. The van der Waals surface area contributed by atoms with E-state index >= 15 is 0 Å². The monoisotopic (exact) mass is 842 g/mol. The van der Waals surface area contributed by atoms with Crippen molar-refractivity contribution in [2.45, 2.75) is 24.7 Å². The third-order valence-electron chi connectivity index (χ3n) is 14.6. The Balaban J connectivity index is 0.958. The molecule has 66 heavy (non-hydrogen) atoms. The van der Waals surface area contributed by atoms with Crippen LogP contribution in [-0.4, -0.2) is 4.57 Å². The second-order valence-electron chi connectivity index (χ2n) is 18.5. The Labute approximate surface area is 386 Å². The average Bonchev–Trinajstić information content (AvgIpc) is 3.72. The van der Waals surface area contributed by atoms with Gasteiger partial charge in [0.2, 0.25) is 0 Å². The van der Waals surface area contributed by atoms with E-state index < -0.39 is 5.41 Å². The Morgan fingerprint density at radius 2 is 0.788 bits per heavy atom. The largest absolute Gasteiger partial charge is 0.310 e. The summed E-state index contributed by atoms with van der Waals surface area (Å²) < 4.78 is 2.52. The molecule has 2 aliphatic rings. The maximum atomic E-state index is 2.52. The molecule has 0 spiro atoms. The van der Waals surface area contributed by atoms with Gasteiger partial charge in [-0.1, -0.05) is 202 Å². The van der Waals surface area contributed by atoms with E-state index in [9.17, 15) is 0 Å². The summed E-state index contributed by atoms with van der Waals surface area (Å²) in [7, 11) is 0. The van der Waals surface area contributed by atoms with Gasteiger partial charge in [-0.2, -0.15) is 0 Å². The summed E-state index contributed by atoms with van der Waals surface area (Å²) in [5.74, 6) is 0. The van der Waals surface area contributed by atoms with Crippen LogP contribution in [0.25, 0.3) is 60.9 Å². The highest BCUT2D eigenvalue weighted by molar-refractivity contribution is 6.13. The predicted octanol–water partition coefficient (Wildman–Crippen LogP) is 16.6. The van der Waals surface area contributed by atoms with Gasteiger partial charge in [0.15, 0.2) is 0 Å². The fourth-order valence-corrected chi connectivity index (χ4v) is 11.5. The number of hydrogen-bond donors (Lipinski definition) is 0. The SMILES string of the molecule is CC1(C)c2cc(-c3ccccc3)ccc2N(c2ccc(-c3ccc4c(c3)c3cccc5c3n4-c3ccccc3C5(c3ccccc3)c3ccccc3)cc2)c2ccc(-c3ccccc3)cc21. The van der Waals surface area contributed by atoms with Crippen LogP contribution in [0.2, 0.25) is 0 Å². The van der Waals surface area contributed by atoms with Gasteiger partial charge in [0.25, 0.3) is 0 Å². The van der Waals surface area contributed by atoms with E-state index in [4.69, 9.17) is 0 Å². The first-order chi connectivity index (χ1) is 32.5. The zero-order chi connectivity index (χ0) is 44.0. The number of para-hydroxylation sites is 2. The minimum absolute atomic E-state index is 0.241. The molecule has 0 atom stereocenters. The molecule has 0 fully saturated rings. The average molecular weight is 843 g/mol. The predicted molar refractivity (Wildman–Crippen MR) is 276 cm³/mol. The smallest absolute Gasteiger partial charge is 0.0742 e. The van der Waals surface area contributed by atoms with Crippen LogP contribution in [-0.2, 0) is 10.8 Å². The van der Waals surface area contributed by atoms with Crippen molar-refractivity contribution in [1.29, 1.82) is 0 Å². The van der Waals surface area contributed by atoms with E-state index in [2.05, 4.69) is 266 Å². The summed E-state index contributed by atoms with van der Waals surface area (Å²) in [5.41, 5.74) is 21.6. The normalized spacial score (nSPS) is 14.1. The third kappa shape index (κ3) is 5.55. The Bertz CT molecular complexity index is 3510. The van der Waals surface area contributed by atoms with E-state index in [1.54, 1.807) is 0 Å². The fourth-order valence-electron chi connectivity index (χ4n) is 11.5. The first-order valence-electron chi connectivity index (χ1n) is 23.1. The maximum Gasteiger partial charge on any atom is 0.0742 e. The first-order valence-corrected chi connectivity index (χ1v) is 23.1. The molecule has 1 aromatic heterocycles. The number of fused-ring (bicyclic) bond motifs is 7. The summed E-state index contributed by atoms with van der Waals surface area (Å²) in [5, 5.41) is 2.52. The topological polar surface area (TPSA) is 8.17 Å². The maximum absolute atomic E-state index is 2.52. The van der Waals surface area contributed by atoms with Crippen molar-refractivity contribution in [3.8, 4) is 39.1 Å². The third-order valence-corrected chi connectivity index (χ3v) is 14.6. The van der Waals surface area contributed by atoms with Gasteiger partial charge in [-0.25, -0.2) is 0 Å². The Morgan fingerprint density at radius 3 is 1.38 bits per heavy atom. The lowest BCUT2D eigenvalue weighted by atomic mass is 9.63. The molecule has 10 aromatic carbocycles. The van der Waals surface area contributed by atoms with Crippen molar-refractivity contribution in [2.24, 2.45) is 0 Å². The lowest BCUT2D eigenvalue weighted by Crippen LogP contribution is -2.35. The summed E-state index contributed by atoms with van der Waals surface area (Å²) in [6, 6.07) is 90.0. The first kappa shape index (κ1) is 38.3. The van der Waals surface area contributed by atoms with Gasteiger partial charge in [-0.15, -0.1) is 0 Å². The number of aromatic nitrogens is 1. The van der Waals surface area contributed by atoms with Crippen molar-refractivity contribution in [3.05, 3.63) is 276 Å². The van der Waals surface area contributed by atoms with Crippen LogP contribution >= 0.6 is 0 Å². The molecule has 11 aromatic rings. The highest BCUT2D eigenvalue weighted by atomic mass is 15.2. The quantitative estimate of drug-likeness (QED) is 0.162.